The van der Waals surface area contributed by atoms with Gasteiger partial charge in [-0.05, 0) is 95.8 Å². The standard InChI is InChI=1S/C35H45ClN4O5/c1-35(2,3)45-34(43)40-28-9-8-23(22-39-12-5-4-6-13-39)18-24(28)19-29(40)26-20-30(32(36)27-21-37-33(42)31(26)27)44-17-7-14-38-15-10-25(41)11-16-38/h8-9,18-20,25,41H,4-7,10-17,21-22H2,1-3H3,(H,37,42). The lowest BCUT2D eigenvalue weighted by atomic mass is 9.99. The predicted molar refractivity (Wildman–Crippen MR) is 176 cm³/mol. The van der Waals surface area contributed by atoms with Crippen molar-refractivity contribution >= 4 is 34.5 Å². The maximum atomic E-state index is 13.8. The Bertz CT molecular complexity index is 1560. The van der Waals surface area contributed by atoms with Crippen molar-refractivity contribution in [3.05, 3.63) is 52.0 Å². The number of hydrogen-bond acceptors (Lipinski definition) is 7. The average molecular weight is 637 g/mol. The van der Waals surface area contributed by atoms with Gasteiger partial charge in [-0.1, -0.05) is 24.1 Å². The second-order valence-corrected chi connectivity index (χ2v) is 14.0. The lowest BCUT2D eigenvalue weighted by Gasteiger charge is -2.29. The molecule has 0 saturated carbocycles. The number of aliphatic hydroxyl groups is 1. The third-order valence-electron chi connectivity index (χ3n) is 8.99. The van der Waals surface area contributed by atoms with Crippen LogP contribution in [0.25, 0.3) is 22.2 Å². The molecule has 1 aromatic heterocycles. The van der Waals surface area contributed by atoms with Crippen LogP contribution in [0, 0.1) is 0 Å². The number of nitrogens with one attached hydrogen (secondary N) is 1. The van der Waals surface area contributed by atoms with Crippen molar-refractivity contribution in [2.45, 2.75) is 84.1 Å². The number of ether oxygens (including phenoxy) is 2. The molecule has 0 bridgehead atoms. The molecule has 242 valence electrons. The number of carbonyl (C=O) groups excluding carboxylic acids is 2. The van der Waals surface area contributed by atoms with Crippen LogP contribution in [0.5, 0.6) is 5.75 Å². The van der Waals surface area contributed by atoms with E-state index in [0.717, 1.165) is 69.4 Å². The molecular formula is C35H45ClN4O5. The number of aromatic nitrogens is 1. The Kier molecular flexibility index (Phi) is 9.43. The molecule has 0 atom stereocenters. The fraction of sp³-hybridized carbons (Fsp3) is 0.543. The van der Waals surface area contributed by atoms with Crippen LogP contribution in [0.4, 0.5) is 4.79 Å². The zero-order valence-corrected chi connectivity index (χ0v) is 27.4. The molecule has 2 N–H and O–H groups in total. The molecule has 10 heteroatoms. The van der Waals surface area contributed by atoms with Crippen LogP contribution in [0.3, 0.4) is 0 Å². The summed E-state index contributed by atoms with van der Waals surface area (Å²) < 4.78 is 13.7. The number of piperidine rings is 2. The van der Waals surface area contributed by atoms with Crippen molar-refractivity contribution in [2.75, 3.05) is 39.3 Å². The molecule has 6 rings (SSSR count). The van der Waals surface area contributed by atoms with Gasteiger partial charge < -0.3 is 24.8 Å². The summed E-state index contributed by atoms with van der Waals surface area (Å²) in [5.74, 6) is 0.260. The summed E-state index contributed by atoms with van der Waals surface area (Å²) in [7, 11) is 0. The van der Waals surface area contributed by atoms with E-state index < -0.39 is 11.7 Å². The first-order valence-electron chi connectivity index (χ1n) is 16.3. The van der Waals surface area contributed by atoms with Crippen LogP contribution < -0.4 is 10.1 Å². The molecule has 0 unspecified atom stereocenters. The van der Waals surface area contributed by atoms with Crippen molar-refractivity contribution in [2.24, 2.45) is 0 Å². The lowest BCUT2D eigenvalue weighted by Crippen LogP contribution is -2.36. The van der Waals surface area contributed by atoms with E-state index in [9.17, 15) is 14.7 Å². The van der Waals surface area contributed by atoms with Crippen molar-refractivity contribution in [1.82, 2.24) is 19.7 Å². The van der Waals surface area contributed by atoms with Crippen LogP contribution >= 0.6 is 11.6 Å². The number of nitrogens with zero attached hydrogens (tertiary/aromatic N) is 3. The second kappa shape index (κ2) is 13.3. The minimum atomic E-state index is -0.709. The van der Waals surface area contributed by atoms with Crippen LogP contribution in [-0.4, -0.2) is 82.5 Å². The van der Waals surface area contributed by atoms with Gasteiger partial charge in [0.2, 0.25) is 0 Å². The van der Waals surface area contributed by atoms with E-state index >= 15 is 0 Å². The first kappa shape index (κ1) is 31.9. The third kappa shape index (κ3) is 7.17. The summed E-state index contributed by atoms with van der Waals surface area (Å²) in [5, 5.41) is 14.0. The van der Waals surface area contributed by atoms with Gasteiger partial charge in [0.05, 0.1) is 34.5 Å². The molecule has 3 aliphatic rings. The van der Waals surface area contributed by atoms with Gasteiger partial charge in [0.1, 0.15) is 11.4 Å². The summed E-state index contributed by atoms with van der Waals surface area (Å²) in [5.41, 5.74) is 3.48. The Morgan fingerprint density at radius 1 is 1.04 bits per heavy atom. The summed E-state index contributed by atoms with van der Waals surface area (Å²) in [6.45, 7) is 12.0. The molecule has 2 saturated heterocycles. The summed E-state index contributed by atoms with van der Waals surface area (Å²) in [6.07, 6.45) is 5.42. The number of carbonyl (C=O) groups is 2. The van der Waals surface area contributed by atoms with Crippen molar-refractivity contribution < 1.29 is 24.2 Å². The van der Waals surface area contributed by atoms with E-state index in [-0.39, 0.29) is 12.0 Å². The van der Waals surface area contributed by atoms with Gasteiger partial charge in [-0.15, -0.1) is 0 Å². The van der Waals surface area contributed by atoms with Gasteiger partial charge in [-0.25, -0.2) is 9.36 Å². The van der Waals surface area contributed by atoms with Crippen molar-refractivity contribution in [3.63, 3.8) is 0 Å². The second-order valence-electron chi connectivity index (χ2n) is 13.6. The first-order valence-corrected chi connectivity index (χ1v) is 16.7. The van der Waals surface area contributed by atoms with Crippen molar-refractivity contribution in [1.29, 1.82) is 0 Å². The highest BCUT2D eigenvalue weighted by molar-refractivity contribution is 6.34. The highest BCUT2D eigenvalue weighted by atomic mass is 35.5. The molecule has 0 spiro atoms. The van der Waals surface area contributed by atoms with Gasteiger partial charge in [0, 0.05) is 49.2 Å². The minimum absolute atomic E-state index is 0.199. The molecule has 2 aromatic carbocycles. The Hall–Kier alpha value is -3.11. The molecule has 4 heterocycles. The van der Waals surface area contributed by atoms with Crippen molar-refractivity contribution in [3.8, 4) is 17.0 Å². The van der Waals surface area contributed by atoms with Gasteiger partial charge in [-0.2, -0.15) is 0 Å². The average Bonchev–Trinajstić information content (AvgIpc) is 3.58. The van der Waals surface area contributed by atoms with Gasteiger partial charge in [0.25, 0.3) is 5.91 Å². The topological polar surface area (TPSA) is 96.3 Å². The normalized spacial score (nSPS) is 18.3. The fourth-order valence-electron chi connectivity index (χ4n) is 6.73. The minimum Gasteiger partial charge on any atom is -0.492 e. The molecule has 9 nitrogen and oxygen atoms in total. The number of aliphatic hydroxyl groups excluding tert-OH is 1. The Labute approximate surface area is 270 Å². The Morgan fingerprint density at radius 3 is 2.53 bits per heavy atom. The molecule has 3 aliphatic heterocycles. The zero-order chi connectivity index (χ0) is 31.7. The zero-order valence-electron chi connectivity index (χ0n) is 26.7. The Morgan fingerprint density at radius 2 is 1.80 bits per heavy atom. The molecule has 3 aromatic rings. The number of halogens is 1. The molecule has 1 amide bonds. The number of benzene rings is 2. The summed E-state index contributed by atoms with van der Waals surface area (Å²) in [4.78, 5) is 31.8. The van der Waals surface area contributed by atoms with E-state index in [0.29, 0.717) is 46.3 Å². The van der Waals surface area contributed by atoms with Gasteiger partial charge in [-0.3, -0.25) is 9.69 Å². The summed E-state index contributed by atoms with van der Waals surface area (Å²) >= 11 is 6.85. The van der Waals surface area contributed by atoms with Crippen LogP contribution in [0.15, 0.2) is 30.3 Å². The Balaban J connectivity index is 1.35. The first-order chi connectivity index (χ1) is 21.6. The summed E-state index contributed by atoms with van der Waals surface area (Å²) in [6, 6.07) is 9.98. The molecular weight excluding hydrogens is 592 g/mol. The highest BCUT2D eigenvalue weighted by Crippen LogP contribution is 2.42. The third-order valence-corrected chi connectivity index (χ3v) is 9.40. The van der Waals surface area contributed by atoms with E-state index in [2.05, 4.69) is 27.2 Å². The van der Waals surface area contributed by atoms with Gasteiger partial charge in [0.15, 0.2) is 0 Å². The number of hydrogen-bond donors (Lipinski definition) is 2. The number of likely N-dealkylation sites (tertiary alicyclic amines) is 2. The molecule has 0 radical (unpaired) electrons. The van der Waals surface area contributed by atoms with Gasteiger partial charge >= 0.3 is 6.09 Å². The maximum Gasteiger partial charge on any atom is 0.419 e. The van der Waals surface area contributed by atoms with E-state index in [1.54, 1.807) is 10.6 Å². The smallest absolute Gasteiger partial charge is 0.419 e. The largest absolute Gasteiger partial charge is 0.492 e. The molecule has 2 fully saturated rings. The van der Waals surface area contributed by atoms with E-state index in [1.807, 2.05) is 32.9 Å². The number of amides is 1. The number of fused-ring (bicyclic) bond motifs is 2. The van der Waals surface area contributed by atoms with Crippen LogP contribution in [-0.2, 0) is 17.8 Å². The molecule has 45 heavy (non-hydrogen) atoms. The predicted octanol–water partition coefficient (Wildman–Crippen LogP) is 6.20. The quantitative estimate of drug-likeness (QED) is 0.284. The molecule has 0 aliphatic carbocycles. The SMILES string of the molecule is CC(C)(C)OC(=O)n1c(-c2cc(OCCCN3CCC(O)CC3)c(Cl)c3c2C(=O)NC3)cc2cc(CN3CCCCC3)ccc21. The van der Waals surface area contributed by atoms with Crippen LogP contribution in [0.1, 0.15) is 80.8 Å². The number of rotatable bonds is 8. The van der Waals surface area contributed by atoms with E-state index in [1.165, 1.54) is 24.8 Å². The lowest BCUT2D eigenvalue weighted by molar-refractivity contribution is 0.0546. The van der Waals surface area contributed by atoms with E-state index in [4.69, 9.17) is 21.1 Å². The highest BCUT2D eigenvalue weighted by Gasteiger charge is 2.32. The van der Waals surface area contributed by atoms with Crippen LogP contribution in [0.2, 0.25) is 5.02 Å². The monoisotopic (exact) mass is 636 g/mol. The maximum absolute atomic E-state index is 13.8. The fourth-order valence-corrected chi connectivity index (χ4v) is 7.00.